The lowest BCUT2D eigenvalue weighted by Gasteiger charge is -2.24. The van der Waals surface area contributed by atoms with E-state index in [1.165, 1.54) is 4.90 Å². The quantitative estimate of drug-likeness (QED) is 0.748. The number of hydrogen-bond donors (Lipinski definition) is 3. The van der Waals surface area contributed by atoms with E-state index in [9.17, 15) is 19.5 Å². The first-order valence-corrected chi connectivity index (χ1v) is 6.59. The molecule has 0 saturated carbocycles. The number of carbonyl (C=O) groups is 3. The van der Waals surface area contributed by atoms with Crippen molar-refractivity contribution in [2.45, 2.75) is 31.8 Å². The summed E-state index contributed by atoms with van der Waals surface area (Å²) < 4.78 is 0. The van der Waals surface area contributed by atoms with E-state index in [-0.39, 0.29) is 12.8 Å². The number of nitrogens with zero attached hydrogens (tertiary/aromatic N) is 1. The number of anilines is 1. The molecule has 1 aromatic carbocycles. The zero-order valence-corrected chi connectivity index (χ0v) is 11.6. The Labute approximate surface area is 121 Å². The average molecular weight is 291 g/mol. The summed E-state index contributed by atoms with van der Waals surface area (Å²) in [6, 6.07) is 5.11. The van der Waals surface area contributed by atoms with Crippen LogP contribution in [0.1, 0.15) is 18.9 Å². The molecule has 21 heavy (non-hydrogen) atoms. The van der Waals surface area contributed by atoms with Gasteiger partial charge in [-0.05, 0) is 18.6 Å². The smallest absolute Gasteiger partial charge is 0.327 e. The summed E-state index contributed by atoms with van der Waals surface area (Å²) in [6.45, 7) is 1.64. The minimum Gasteiger partial charge on any atom is -0.480 e. The number of nitrogens with two attached hydrogens (primary N) is 1. The van der Waals surface area contributed by atoms with Crippen molar-refractivity contribution in [2.24, 2.45) is 5.73 Å². The van der Waals surface area contributed by atoms with E-state index in [1.807, 2.05) is 0 Å². The molecule has 7 nitrogen and oxygen atoms in total. The van der Waals surface area contributed by atoms with Crippen LogP contribution in [0.5, 0.6) is 0 Å². The SMILES string of the molecule is CC(CC(N)=O)NC(=O)N1c2ccccc2CC1C(=O)O. The molecule has 1 aromatic rings. The highest BCUT2D eigenvalue weighted by molar-refractivity contribution is 6.01. The molecule has 3 amide bonds. The van der Waals surface area contributed by atoms with Crippen LogP contribution in [-0.4, -0.2) is 35.1 Å². The molecule has 2 atom stereocenters. The van der Waals surface area contributed by atoms with Gasteiger partial charge in [-0.25, -0.2) is 9.59 Å². The highest BCUT2D eigenvalue weighted by Gasteiger charge is 2.38. The van der Waals surface area contributed by atoms with Gasteiger partial charge < -0.3 is 16.2 Å². The lowest BCUT2D eigenvalue weighted by molar-refractivity contribution is -0.138. The Morgan fingerprint density at radius 1 is 1.43 bits per heavy atom. The number of fused-ring (bicyclic) bond motifs is 1. The molecule has 0 aromatic heterocycles. The number of carboxylic acid groups (broad SMARTS) is 1. The third-order valence-corrected chi connectivity index (χ3v) is 3.36. The first-order chi connectivity index (χ1) is 9.90. The number of para-hydroxylation sites is 1. The van der Waals surface area contributed by atoms with Gasteiger partial charge in [0.15, 0.2) is 0 Å². The second-order valence-corrected chi connectivity index (χ2v) is 5.08. The van der Waals surface area contributed by atoms with Crippen LogP contribution in [0.2, 0.25) is 0 Å². The summed E-state index contributed by atoms with van der Waals surface area (Å²) >= 11 is 0. The summed E-state index contributed by atoms with van der Waals surface area (Å²) in [7, 11) is 0. The molecule has 0 fully saturated rings. The molecule has 112 valence electrons. The predicted molar refractivity (Wildman–Crippen MR) is 75.9 cm³/mol. The zero-order valence-electron chi connectivity index (χ0n) is 11.6. The number of carbonyl (C=O) groups excluding carboxylic acids is 2. The Hall–Kier alpha value is -2.57. The van der Waals surface area contributed by atoms with Crippen molar-refractivity contribution >= 4 is 23.6 Å². The lowest BCUT2D eigenvalue weighted by atomic mass is 10.1. The number of rotatable bonds is 4. The molecule has 1 aliphatic rings. The van der Waals surface area contributed by atoms with Gasteiger partial charge in [0.2, 0.25) is 5.91 Å². The number of hydrogen-bond acceptors (Lipinski definition) is 3. The molecule has 4 N–H and O–H groups in total. The summed E-state index contributed by atoms with van der Waals surface area (Å²) in [6.07, 6.45) is 0.266. The Balaban J connectivity index is 2.20. The first kappa shape index (κ1) is 14.8. The van der Waals surface area contributed by atoms with Gasteiger partial charge in [-0.1, -0.05) is 18.2 Å². The Morgan fingerprint density at radius 3 is 2.71 bits per heavy atom. The third kappa shape index (κ3) is 3.13. The highest BCUT2D eigenvalue weighted by atomic mass is 16.4. The van der Waals surface area contributed by atoms with E-state index in [2.05, 4.69) is 5.32 Å². The van der Waals surface area contributed by atoms with Gasteiger partial charge in [-0.3, -0.25) is 9.69 Å². The van der Waals surface area contributed by atoms with Crippen molar-refractivity contribution in [1.82, 2.24) is 5.32 Å². The number of amides is 3. The maximum atomic E-state index is 12.3. The molecule has 2 rings (SSSR count). The minimum absolute atomic E-state index is 0.00103. The standard InChI is InChI=1S/C14H17N3O4/c1-8(6-12(15)18)16-14(21)17-10-5-3-2-4-9(10)7-11(17)13(19)20/h2-5,8,11H,6-7H2,1H3,(H2,15,18)(H,16,21)(H,19,20). The van der Waals surface area contributed by atoms with Crippen molar-refractivity contribution in [3.8, 4) is 0 Å². The summed E-state index contributed by atoms with van der Waals surface area (Å²) in [5, 5.41) is 11.9. The number of aliphatic carboxylic acids is 1. The van der Waals surface area contributed by atoms with Crippen molar-refractivity contribution in [2.75, 3.05) is 4.90 Å². The molecule has 1 heterocycles. The number of urea groups is 1. The first-order valence-electron chi connectivity index (χ1n) is 6.59. The fourth-order valence-electron chi connectivity index (χ4n) is 2.47. The van der Waals surface area contributed by atoms with E-state index in [1.54, 1.807) is 31.2 Å². The van der Waals surface area contributed by atoms with E-state index in [0.717, 1.165) is 5.56 Å². The van der Waals surface area contributed by atoms with Gasteiger partial charge in [-0.2, -0.15) is 0 Å². The topological polar surface area (TPSA) is 113 Å². The van der Waals surface area contributed by atoms with Gasteiger partial charge in [0, 0.05) is 24.6 Å². The van der Waals surface area contributed by atoms with E-state index in [0.29, 0.717) is 5.69 Å². The number of nitrogens with one attached hydrogen (secondary N) is 1. The van der Waals surface area contributed by atoms with Crippen molar-refractivity contribution in [3.63, 3.8) is 0 Å². The van der Waals surface area contributed by atoms with Gasteiger partial charge >= 0.3 is 12.0 Å². The molecule has 0 saturated heterocycles. The largest absolute Gasteiger partial charge is 0.480 e. The molecule has 7 heteroatoms. The fourth-order valence-corrected chi connectivity index (χ4v) is 2.47. The van der Waals surface area contributed by atoms with Crippen LogP contribution in [0.15, 0.2) is 24.3 Å². The summed E-state index contributed by atoms with van der Waals surface area (Å²) in [4.78, 5) is 35.7. The lowest BCUT2D eigenvalue weighted by Crippen LogP contribution is -2.50. The maximum Gasteiger partial charge on any atom is 0.327 e. The Bertz CT molecular complexity index is 587. The van der Waals surface area contributed by atoms with Crippen LogP contribution < -0.4 is 16.0 Å². The van der Waals surface area contributed by atoms with E-state index < -0.39 is 30.0 Å². The van der Waals surface area contributed by atoms with Crippen LogP contribution in [0.3, 0.4) is 0 Å². The van der Waals surface area contributed by atoms with Gasteiger partial charge in [0.1, 0.15) is 6.04 Å². The van der Waals surface area contributed by atoms with Gasteiger partial charge in [0.25, 0.3) is 0 Å². The molecule has 0 spiro atoms. The average Bonchev–Trinajstić information content (AvgIpc) is 2.76. The fraction of sp³-hybridized carbons (Fsp3) is 0.357. The third-order valence-electron chi connectivity index (χ3n) is 3.36. The maximum absolute atomic E-state index is 12.3. The zero-order chi connectivity index (χ0) is 15.6. The Kier molecular flexibility index (Phi) is 4.11. The summed E-state index contributed by atoms with van der Waals surface area (Å²) in [5.41, 5.74) is 6.46. The van der Waals surface area contributed by atoms with Crippen LogP contribution in [0.25, 0.3) is 0 Å². The van der Waals surface area contributed by atoms with Crippen molar-refractivity contribution in [3.05, 3.63) is 29.8 Å². The molecular formula is C14H17N3O4. The van der Waals surface area contributed by atoms with Crippen LogP contribution in [-0.2, 0) is 16.0 Å². The second-order valence-electron chi connectivity index (χ2n) is 5.08. The number of primary amides is 1. The Morgan fingerprint density at radius 2 is 2.10 bits per heavy atom. The predicted octanol–water partition coefficient (Wildman–Crippen LogP) is 0.476. The minimum atomic E-state index is -1.07. The number of carboxylic acids is 1. The highest BCUT2D eigenvalue weighted by Crippen LogP contribution is 2.32. The molecular weight excluding hydrogens is 274 g/mol. The molecule has 1 aliphatic heterocycles. The van der Waals surface area contributed by atoms with E-state index in [4.69, 9.17) is 5.73 Å². The normalized spacial score (nSPS) is 18.0. The van der Waals surface area contributed by atoms with Gasteiger partial charge in [0.05, 0.1) is 0 Å². The van der Waals surface area contributed by atoms with Gasteiger partial charge in [-0.15, -0.1) is 0 Å². The second kappa shape index (κ2) is 5.82. The van der Waals surface area contributed by atoms with Crippen LogP contribution in [0, 0.1) is 0 Å². The molecule has 2 unspecified atom stereocenters. The van der Waals surface area contributed by atoms with Crippen LogP contribution in [0.4, 0.5) is 10.5 Å². The van der Waals surface area contributed by atoms with E-state index >= 15 is 0 Å². The monoisotopic (exact) mass is 291 g/mol. The van der Waals surface area contributed by atoms with Crippen molar-refractivity contribution in [1.29, 1.82) is 0 Å². The van der Waals surface area contributed by atoms with Crippen LogP contribution >= 0.6 is 0 Å². The van der Waals surface area contributed by atoms with Crippen molar-refractivity contribution < 1.29 is 19.5 Å². The molecule has 0 aliphatic carbocycles. The number of benzene rings is 1. The molecule has 0 bridgehead atoms. The summed E-state index contributed by atoms with van der Waals surface area (Å²) in [5.74, 6) is -1.59. The molecule has 0 radical (unpaired) electrons.